The Morgan fingerprint density at radius 3 is 2.70 bits per heavy atom. The number of nitrogens with zero attached hydrogens (tertiary/aromatic N) is 2. The molecule has 23 heavy (non-hydrogen) atoms. The van der Waals surface area contributed by atoms with E-state index >= 15 is 0 Å². The summed E-state index contributed by atoms with van der Waals surface area (Å²) in [6.07, 6.45) is 2.02. The first-order valence-corrected chi connectivity index (χ1v) is 7.25. The van der Waals surface area contributed by atoms with Gasteiger partial charge >= 0.3 is 0 Å². The molecule has 1 aromatic heterocycles. The van der Waals surface area contributed by atoms with Gasteiger partial charge in [-0.2, -0.15) is 0 Å². The van der Waals surface area contributed by atoms with Gasteiger partial charge in [0.25, 0.3) is 0 Å². The molecule has 3 N–H and O–H groups in total. The fraction of sp³-hybridized carbons (Fsp3) is 0.600. The topological polar surface area (TPSA) is 80.5 Å². The van der Waals surface area contributed by atoms with Gasteiger partial charge in [0.1, 0.15) is 5.82 Å². The quantitative estimate of drug-likeness (QED) is 0.845. The van der Waals surface area contributed by atoms with Crippen molar-refractivity contribution in [1.29, 1.82) is 0 Å². The minimum atomic E-state index is -0.864. The first-order valence-electron chi connectivity index (χ1n) is 7.25. The molecule has 1 aliphatic rings. The summed E-state index contributed by atoms with van der Waals surface area (Å²) in [6.45, 7) is 8.30. The molecule has 0 aliphatic carbocycles. The van der Waals surface area contributed by atoms with Crippen LogP contribution in [-0.2, 0) is 16.1 Å². The number of anilines is 1. The van der Waals surface area contributed by atoms with Gasteiger partial charge in [-0.3, -0.25) is 4.79 Å². The van der Waals surface area contributed by atoms with Crippen molar-refractivity contribution in [2.75, 3.05) is 24.6 Å². The number of pyridine rings is 1. The molecule has 1 atom stereocenters. The third-order valence-electron chi connectivity index (χ3n) is 3.41. The van der Waals surface area contributed by atoms with Crippen molar-refractivity contribution < 1.29 is 9.53 Å². The van der Waals surface area contributed by atoms with Crippen molar-refractivity contribution in [1.82, 2.24) is 10.3 Å². The molecule has 2 rings (SSSR count). The SMILES string of the molecule is CC1CN(c2ccc(CNC(=O)C(C)(C)N)cn2)CCO1.Cl.Cl. The smallest absolute Gasteiger partial charge is 0.239 e. The van der Waals surface area contributed by atoms with Gasteiger partial charge in [0.2, 0.25) is 5.91 Å². The summed E-state index contributed by atoms with van der Waals surface area (Å²) in [6, 6.07) is 3.96. The number of carbonyl (C=O) groups excluding carboxylic acids is 1. The fourth-order valence-electron chi connectivity index (χ4n) is 2.14. The van der Waals surface area contributed by atoms with E-state index in [0.29, 0.717) is 6.54 Å². The molecule has 1 aliphatic heterocycles. The van der Waals surface area contributed by atoms with Gasteiger partial charge in [-0.15, -0.1) is 24.8 Å². The Labute approximate surface area is 150 Å². The van der Waals surface area contributed by atoms with Gasteiger partial charge in [0.05, 0.1) is 18.2 Å². The second-order valence-corrected chi connectivity index (χ2v) is 6.06. The Hall–Kier alpha value is -1.08. The lowest BCUT2D eigenvalue weighted by atomic mass is 10.1. The number of amides is 1. The average molecular weight is 365 g/mol. The van der Waals surface area contributed by atoms with E-state index in [-0.39, 0.29) is 36.8 Å². The Balaban J connectivity index is 0.00000242. The molecule has 0 aromatic carbocycles. The average Bonchev–Trinajstić information content (AvgIpc) is 2.44. The third kappa shape index (κ3) is 6.51. The van der Waals surface area contributed by atoms with Crippen molar-refractivity contribution in [2.24, 2.45) is 5.73 Å². The van der Waals surface area contributed by atoms with Crippen LogP contribution in [0.1, 0.15) is 26.3 Å². The van der Waals surface area contributed by atoms with E-state index in [9.17, 15) is 4.79 Å². The highest BCUT2D eigenvalue weighted by Crippen LogP contribution is 2.15. The second kappa shape index (κ2) is 9.27. The molecule has 1 fully saturated rings. The second-order valence-electron chi connectivity index (χ2n) is 6.06. The normalized spacial score (nSPS) is 17.7. The molecular weight excluding hydrogens is 339 g/mol. The van der Waals surface area contributed by atoms with Gasteiger partial charge in [-0.1, -0.05) is 6.07 Å². The largest absolute Gasteiger partial charge is 0.375 e. The molecule has 6 nitrogen and oxygen atoms in total. The van der Waals surface area contributed by atoms with Gasteiger partial charge in [-0.25, -0.2) is 4.98 Å². The molecule has 0 spiro atoms. The van der Waals surface area contributed by atoms with E-state index in [1.54, 1.807) is 20.0 Å². The van der Waals surface area contributed by atoms with Gasteiger partial charge < -0.3 is 20.7 Å². The lowest BCUT2D eigenvalue weighted by molar-refractivity contribution is -0.125. The molecule has 1 unspecified atom stereocenters. The molecule has 2 heterocycles. The predicted molar refractivity (Wildman–Crippen MR) is 96.5 cm³/mol. The number of morpholine rings is 1. The highest BCUT2D eigenvalue weighted by molar-refractivity contribution is 5.85. The van der Waals surface area contributed by atoms with E-state index in [1.165, 1.54) is 0 Å². The van der Waals surface area contributed by atoms with E-state index < -0.39 is 5.54 Å². The summed E-state index contributed by atoms with van der Waals surface area (Å²) in [5.74, 6) is 0.771. The zero-order chi connectivity index (χ0) is 15.5. The maximum atomic E-state index is 11.7. The lowest BCUT2D eigenvalue weighted by Gasteiger charge is -2.32. The van der Waals surface area contributed by atoms with Crippen LogP contribution in [0.2, 0.25) is 0 Å². The number of hydrogen-bond acceptors (Lipinski definition) is 5. The highest BCUT2D eigenvalue weighted by atomic mass is 35.5. The van der Waals surface area contributed by atoms with Gasteiger partial charge in [0, 0.05) is 25.8 Å². The molecule has 1 aromatic rings. The van der Waals surface area contributed by atoms with Crippen LogP contribution in [0.25, 0.3) is 0 Å². The summed E-state index contributed by atoms with van der Waals surface area (Å²) in [5.41, 5.74) is 5.82. The molecule has 8 heteroatoms. The number of aromatic nitrogens is 1. The van der Waals surface area contributed by atoms with Crippen LogP contribution in [-0.4, -0.2) is 42.2 Å². The summed E-state index contributed by atoms with van der Waals surface area (Å²) in [4.78, 5) is 18.4. The molecule has 132 valence electrons. The number of nitrogens with two attached hydrogens (primary N) is 1. The first kappa shape index (κ1) is 21.9. The number of halogens is 2. The van der Waals surface area contributed by atoms with Crippen molar-refractivity contribution in [3.05, 3.63) is 23.9 Å². The zero-order valence-electron chi connectivity index (χ0n) is 13.7. The number of ether oxygens (including phenoxy) is 1. The van der Waals surface area contributed by atoms with Gasteiger partial charge in [-0.05, 0) is 32.4 Å². The maximum absolute atomic E-state index is 11.7. The Morgan fingerprint density at radius 2 is 2.17 bits per heavy atom. The van der Waals surface area contributed by atoms with Crippen LogP contribution < -0.4 is 16.0 Å². The lowest BCUT2D eigenvalue weighted by Crippen LogP contribution is -2.48. The van der Waals surface area contributed by atoms with Crippen LogP contribution in [0.3, 0.4) is 0 Å². The van der Waals surface area contributed by atoms with E-state index in [4.69, 9.17) is 10.5 Å². The van der Waals surface area contributed by atoms with Crippen molar-refractivity contribution >= 4 is 36.5 Å². The standard InChI is InChI=1S/C15H24N4O2.2ClH/c1-11-10-19(6-7-21-11)13-5-4-12(8-17-13)9-18-14(20)15(2,3)16;;/h4-5,8,11H,6-7,9-10,16H2,1-3H3,(H,18,20);2*1H. The summed E-state index contributed by atoms with van der Waals surface area (Å²) in [7, 11) is 0. The Kier molecular flexibility index (Phi) is 8.84. The monoisotopic (exact) mass is 364 g/mol. The van der Waals surface area contributed by atoms with Crippen molar-refractivity contribution in [3.8, 4) is 0 Å². The van der Waals surface area contributed by atoms with Gasteiger partial charge in [0.15, 0.2) is 0 Å². The van der Waals surface area contributed by atoms with Crippen LogP contribution in [0.4, 0.5) is 5.82 Å². The van der Waals surface area contributed by atoms with Crippen LogP contribution in [0.15, 0.2) is 18.3 Å². The Morgan fingerprint density at radius 1 is 1.48 bits per heavy atom. The van der Waals surface area contributed by atoms with Crippen LogP contribution >= 0.6 is 24.8 Å². The number of carbonyl (C=O) groups is 1. The number of hydrogen-bond donors (Lipinski definition) is 2. The number of rotatable bonds is 4. The number of nitrogens with one attached hydrogen (secondary N) is 1. The van der Waals surface area contributed by atoms with E-state index in [0.717, 1.165) is 31.1 Å². The minimum absolute atomic E-state index is 0. The molecule has 1 saturated heterocycles. The summed E-state index contributed by atoms with van der Waals surface area (Å²) >= 11 is 0. The third-order valence-corrected chi connectivity index (χ3v) is 3.41. The van der Waals surface area contributed by atoms with Crippen LogP contribution in [0, 0.1) is 0 Å². The summed E-state index contributed by atoms with van der Waals surface area (Å²) in [5, 5.41) is 2.81. The first-order chi connectivity index (χ1) is 9.86. The van der Waals surface area contributed by atoms with Crippen molar-refractivity contribution in [2.45, 2.75) is 39.0 Å². The molecule has 0 saturated carbocycles. The summed E-state index contributed by atoms with van der Waals surface area (Å²) < 4.78 is 5.52. The highest BCUT2D eigenvalue weighted by Gasteiger charge is 2.21. The Bertz CT molecular complexity index is 491. The zero-order valence-corrected chi connectivity index (χ0v) is 15.4. The molecule has 1 amide bonds. The molecule has 0 radical (unpaired) electrons. The molecule has 0 bridgehead atoms. The predicted octanol–water partition coefficient (Wildman–Crippen LogP) is 1.50. The minimum Gasteiger partial charge on any atom is -0.375 e. The van der Waals surface area contributed by atoms with E-state index in [1.807, 2.05) is 12.1 Å². The maximum Gasteiger partial charge on any atom is 0.239 e. The van der Waals surface area contributed by atoms with Crippen LogP contribution in [0.5, 0.6) is 0 Å². The van der Waals surface area contributed by atoms with Crippen molar-refractivity contribution in [3.63, 3.8) is 0 Å². The molecular formula is C15H26Cl2N4O2. The van der Waals surface area contributed by atoms with E-state index in [2.05, 4.69) is 22.1 Å². The fourth-order valence-corrected chi connectivity index (χ4v) is 2.14.